The molecule has 0 unspecified atom stereocenters. The number of anilines is 6. The molecule has 4 heteroatoms. The van der Waals surface area contributed by atoms with Gasteiger partial charge in [0.15, 0.2) is 0 Å². The summed E-state index contributed by atoms with van der Waals surface area (Å²) >= 11 is 0. The summed E-state index contributed by atoms with van der Waals surface area (Å²) in [6.07, 6.45) is 2.26. The molecule has 0 saturated heterocycles. The van der Waals surface area contributed by atoms with Gasteiger partial charge in [-0.05, 0) is 256 Å². The van der Waals surface area contributed by atoms with Crippen molar-refractivity contribution in [2.75, 3.05) is 9.80 Å². The first kappa shape index (κ1) is 73.1. The normalized spacial score (nSPS) is 16.4. The number of rotatable bonds is 7. The smallest absolute Gasteiger partial charge is 0.252 e. The fourth-order valence-electron chi connectivity index (χ4n) is 19.5. The Balaban J connectivity index is 1.02. The molecule has 16 rings (SSSR count). The Morgan fingerprint density at radius 3 is 0.889 bits per heavy atom. The molecule has 0 bridgehead atoms. The van der Waals surface area contributed by atoms with Crippen LogP contribution in [-0.4, -0.2) is 11.3 Å². The van der Waals surface area contributed by atoms with E-state index in [4.69, 9.17) is 0 Å². The minimum atomic E-state index is -0.153. The first-order valence-electron chi connectivity index (χ1n) is 40.2. The lowest BCUT2D eigenvalue weighted by Gasteiger charge is -2.45. The third-order valence-corrected chi connectivity index (χ3v) is 25.4. The number of hydrogen-bond acceptors (Lipinski definition) is 2. The number of nitrogens with zero attached hydrogens (tertiary/aromatic N) is 3. The zero-order valence-corrected chi connectivity index (χ0v) is 70.0. The summed E-state index contributed by atoms with van der Waals surface area (Å²) in [7, 11) is 0. The van der Waals surface area contributed by atoms with E-state index in [1.807, 2.05) is 0 Å². The van der Waals surface area contributed by atoms with Gasteiger partial charge in [-0.1, -0.05) is 313 Å². The van der Waals surface area contributed by atoms with E-state index in [2.05, 4.69) is 401 Å². The molecule has 0 atom stereocenters. The Hall–Kier alpha value is -9.12. The van der Waals surface area contributed by atoms with E-state index in [1.165, 1.54) is 161 Å². The number of benzene rings is 11. The van der Waals surface area contributed by atoms with Crippen molar-refractivity contribution >= 4 is 79.0 Å². The maximum absolute atomic E-state index is 2.67. The molecular formula is C104H116BN3. The Morgan fingerprint density at radius 2 is 0.556 bits per heavy atom. The molecule has 0 fully saturated rings. The van der Waals surface area contributed by atoms with Crippen molar-refractivity contribution in [3.8, 4) is 50.2 Å². The van der Waals surface area contributed by atoms with Crippen molar-refractivity contribution in [2.45, 2.75) is 247 Å². The highest BCUT2D eigenvalue weighted by atomic mass is 15.2. The summed E-state index contributed by atoms with van der Waals surface area (Å²) in [5.41, 5.74) is 38.1. The zero-order valence-electron chi connectivity index (χ0n) is 70.0. The highest BCUT2D eigenvalue weighted by Crippen LogP contribution is 2.54. The predicted molar refractivity (Wildman–Crippen MR) is 470 cm³/mol. The van der Waals surface area contributed by atoms with Crippen LogP contribution in [0.1, 0.15) is 248 Å². The second kappa shape index (κ2) is 24.2. The molecule has 0 saturated carbocycles. The third kappa shape index (κ3) is 12.3. The van der Waals surface area contributed by atoms with E-state index in [-0.39, 0.29) is 60.9 Å². The standard InChI is InChI=1S/C104H116BN3/c1-95(2,3)71-35-45-88-80(57-71)81-58-72(96(4,5)6)36-46-89(81)108(88)79-59-92-94-93(60-79)107(78-39-29-64(30-40-78)66-32-42-83-85(52-66)104(25,26)62-102(83,21)22)91-54-68(70-49-75(99(13,14)15)56-76(50-70)100(16,17)18)34-44-87(91)105(94)86-43-33-67(69-47-73(97(7,8)9)55-74(48-69)98(10,11)12)53-90(86)106(92)77-37-27-63(28-38-77)65-31-41-82-84(51-65)103(23,24)61-101(82,19)20/h27-60H,61-62H2,1-26H3. The van der Waals surface area contributed by atoms with Crippen molar-refractivity contribution in [3.63, 3.8) is 0 Å². The van der Waals surface area contributed by atoms with Gasteiger partial charge in [0.1, 0.15) is 0 Å². The molecule has 2 aliphatic carbocycles. The lowest BCUT2D eigenvalue weighted by Crippen LogP contribution is -2.61. The van der Waals surface area contributed by atoms with Gasteiger partial charge < -0.3 is 14.4 Å². The van der Waals surface area contributed by atoms with Gasteiger partial charge in [0.2, 0.25) is 0 Å². The van der Waals surface area contributed by atoms with Crippen LogP contribution in [0, 0.1) is 0 Å². The summed E-state index contributed by atoms with van der Waals surface area (Å²) in [6, 6.07) is 83.6. The van der Waals surface area contributed by atoms with Crippen LogP contribution < -0.4 is 26.2 Å². The molecule has 0 spiro atoms. The minimum absolute atomic E-state index is 0.0628. The summed E-state index contributed by atoms with van der Waals surface area (Å²) in [5.74, 6) is 0. The van der Waals surface area contributed by atoms with Crippen LogP contribution in [0.5, 0.6) is 0 Å². The van der Waals surface area contributed by atoms with Crippen LogP contribution in [0.25, 0.3) is 72.0 Å². The predicted octanol–water partition coefficient (Wildman–Crippen LogP) is 27.2. The summed E-state index contributed by atoms with van der Waals surface area (Å²) in [6.45, 7) is 61.7. The first-order valence-corrected chi connectivity index (χ1v) is 40.2. The molecule has 550 valence electrons. The van der Waals surface area contributed by atoms with Crippen LogP contribution in [0.15, 0.2) is 206 Å². The van der Waals surface area contributed by atoms with Gasteiger partial charge in [-0.25, -0.2) is 0 Å². The molecule has 0 amide bonds. The van der Waals surface area contributed by atoms with Gasteiger partial charge >= 0.3 is 0 Å². The lowest BCUT2D eigenvalue weighted by molar-refractivity contribution is 0.402. The van der Waals surface area contributed by atoms with E-state index >= 15 is 0 Å². The van der Waals surface area contributed by atoms with Crippen LogP contribution >= 0.6 is 0 Å². The van der Waals surface area contributed by atoms with Crippen molar-refractivity contribution in [1.82, 2.24) is 4.57 Å². The minimum Gasteiger partial charge on any atom is -0.311 e. The van der Waals surface area contributed by atoms with Gasteiger partial charge in [-0.3, -0.25) is 0 Å². The maximum atomic E-state index is 2.67. The van der Waals surface area contributed by atoms with E-state index < -0.39 is 0 Å². The quantitative estimate of drug-likeness (QED) is 0.147. The molecule has 4 aliphatic rings. The average Bonchev–Trinajstić information content (AvgIpc) is 0.859. The zero-order chi connectivity index (χ0) is 77.2. The van der Waals surface area contributed by atoms with Crippen LogP contribution in [0.2, 0.25) is 0 Å². The van der Waals surface area contributed by atoms with E-state index in [1.54, 1.807) is 0 Å². The van der Waals surface area contributed by atoms with Gasteiger partial charge in [0.05, 0.1) is 16.7 Å². The Labute approximate surface area is 648 Å². The van der Waals surface area contributed by atoms with Crippen LogP contribution in [-0.2, 0) is 54.1 Å². The molecule has 3 nitrogen and oxygen atoms in total. The maximum Gasteiger partial charge on any atom is 0.252 e. The molecular weight excluding hydrogens is 1300 g/mol. The molecule has 0 N–H and O–H groups in total. The monoisotopic (exact) mass is 1420 g/mol. The summed E-state index contributed by atoms with van der Waals surface area (Å²) in [4.78, 5) is 5.33. The van der Waals surface area contributed by atoms with Crippen LogP contribution in [0.3, 0.4) is 0 Å². The second-order valence-electron chi connectivity index (χ2n) is 41.9. The largest absolute Gasteiger partial charge is 0.311 e. The molecule has 11 aromatic carbocycles. The number of fused-ring (bicyclic) bond motifs is 9. The fraction of sp³-hybridized carbons (Fsp3) is 0.365. The third-order valence-electron chi connectivity index (χ3n) is 25.4. The number of hydrogen-bond donors (Lipinski definition) is 0. The average molecular weight is 1420 g/mol. The van der Waals surface area contributed by atoms with Gasteiger partial charge in [-0.2, -0.15) is 0 Å². The molecule has 1 aromatic heterocycles. The molecule has 3 heterocycles. The van der Waals surface area contributed by atoms with Crippen molar-refractivity contribution < 1.29 is 0 Å². The molecule has 0 radical (unpaired) electrons. The van der Waals surface area contributed by atoms with E-state index in [0.29, 0.717) is 0 Å². The molecule has 12 aromatic rings. The fourth-order valence-corrected chi connectivity index (χ4v) is 19.5. The van der Waals surface area contributed by atoms with Crippen molar-refractivity contribution in [3.05, 3.63) is 262 Å². The van der Waals surface area contributed by atoms with E-state index in [0.717, 1.165) is 29.9 Å². The van der Waals surface area contributed by atoms with Gasteiger partial charge in [0.25, 0.3) is 6.71 Å². The molecule has 2 aliphatic heterocycles. The highest BCUT2D eigenvalue weighted by Gasteiger charge is 2.47. The first-order chi connectivity index (χ1) is 50.2. The Kier molecular flexibility index (Phi) is 16.4. The van der Waals surface area contributed by atoms with Crippen molar-refractivity contribution in [2.24, 2.45) is 0 Å². The Morgan fingerprint density at radius 1 is 0.250 bits per heavy atom. The lowest BCUT2D eigenvalue weighted by atomic mass is 9.33. The number of aromatic nitrogens is 1. The summed E-state index contributed by atoms with van der Waals surface area (Å²) in [5, 5.41) is 2.54. The SMILES string of the molecule is CC(C)(C)c1cc(-c2ccc3c(c2)N(c2ccc(-c4ccc5c(c4)C(C)(C)CC5(C)C)cc2)c2cc(-n4c5ccc(C(C)(C)C)cc5c5cc(C(C)(C)C)ccc54)cc4c2B3c2ccc(-c3cc(C(C)(C)C)cc(C(C)(C)C)c3)cc2N4c2ccc(-c3ccc4c(c3)C(C)(C)CC4(C)C)cc2)cc(C(C)(C)C)c1. The van der Waals surface area contributed by atoms with Crippen LogP contribution in [0.4, 0.5) is 34.1 Å². The topological polar surface area (TPSA) is 11.4 Å². The van der Waals surface area contributed by atoms with E-state index in [9.17, 15) is 0 Å². The van der Waals surface area contributed by atoms with Gasteiger partial charge in [0, 0.05) is 44.9 Å². The van der Waals surface area contributed by atoms with Crippen molar-refractivity contribution in [1.29, 1.82) is 0 Å². The summed E-state index contributed by atoms with van der Waals surface area (Å²) < 4.78 is 2.61. The highest BCUT2D eigenvalue weighted by molar-refractivity contribution is 7.00. The molecule has 108 heavy (non-hydrogen) atoms. The second-order valence-corrected chi connectivity index (χ2v) is 41.9. The van der Waals surface area contributed by atoms with Gasteiger partial charge in [-0.15, -0.1) is 0 Å². The Bertz CT molecular complexity index is 5270.